The van der Waals surface area contributed by atoms with Crippen LogP contribution >= 0.6 is 0 Å². The van der Waals surface area contributed by atoms with Gasteiger partial charge in [0.15, 0.2) is 17.6 Å². The van der Waals surface area contributed by atoms with E-state index in [9.17, 15) is 9.59 Å². The lowest BCUT2D eigenvalue weighted by atomic mass is 10.1. The van der Waals surface area contributed by atoms with Gasteiger partial charge in [0.2, 0.25) is 0 Å². The number of methoxy groups -OCH3 is 2. The van der Waals surface area contributed by atoms with Crippen LogP contribution < -0.4 is 14.8 Å². The molecule has 1 atom stereocenters. The number of aryl methyl sites for hydroxylation is 1. The van der Waals surface area contributed by atoms with E-state index in [0.717, 1.165) is 0 Å². The average molecular weight is 394 g/mol. The van der Waals surface area contributed by atoms with Gasteiger partial charge in [-0.15, -0.1) is 0 Å². The highest BCUT2D eigenvalue weighted by Gasteiger charge is 2.21. The van der Waals surface area contributed by atoms with Gasteiger partial charge in [-0.3, -0.25) is 9.78 Å². The van der Waals surface area contributed by atoms with Crippen molar-refractivity contribution in [3.05, 3.63) is 59.8 Å². The number of ether oxygens (including phenoxy) is 3. The quantitative estimate of drug-likeness (QED) is 0.641. The van der Waals surface area contributed by atoms with Crippen molar-refractivity contribution in [3.8, 4) is 11.5 Å². The number of aromatic nitrogens is 1. The van der Waals surface area contributed by atoms with Crippen LogP contribution in [0.2, 0.25) is 0 Å². The first kappa shape index (κ1) is 20.1. The van der Waals surface area contributed by atoms with Gasteiger partial charge in [-0.1, -0.05) is 18.2 Å². The number of hydrogen-bond acceptors (Lipinski definition) is 6. The standard InChI is InChI=1S/C22H22N2O5/c1-13-11-17(16-7-5-6-8-18(16)23-13)22(26)29-14(2)21(25)24-15-9-10-19(27-3)20(12-15)28-4/h5-12,14H,1-4H3,(H,24,25)/t14-/m0/s1. The minimum absolute atomic E-state index is 0.374. The van der Waals surface area contributed by atoms with Crippen LogP contribution in [-0.2, 0) is 9.53 Å². The molecule has 0 saturated carbocycles. The highest BCUT2D eigenvalue weighted by Crippen LogP contribution is 2.29. The molecule has 7 heteroatoms. The van der Waals surface area contributed by atoms with E-state index in [0.29, 0.717) is 39.3 Å². The van der Waals surface area contributed by atoms with Gasteiger partial charge in [0.05, 0.1) is 25.3 Å². The Morgan fingerprint density at radius 2 is 1.72 bits per heavy atom. The van der Waals surface area contributed by atoms with E-state index >= 15 is 0 Å². The van der Waals surface area contributed by atoms with Crippen molar-refractivity contribution >= 4 is 28.5 Å². The number of nitrogens with one attached hydrogen (secondary N) is 1. The molecule has 1 aromatic heterocycles. The third-order valence-electron chi connectivity index (χ3n) is 4.37. The number of nitrogens with zero attached hydrogens (tertiary/aromatic N) is 1. The smallest absolute Gasteiger partial charge is 0.339 e. The minimum Gasteiger partial charge on any atom is -0.493 e. The van der Waals surface area contributed by atoms with E-state index in [1.165, 1.54) is 21.1 Å². The summed E-state index contributed by atoms with van der Waals surface area (Å²) in [4.78, 5) is 29.6. The number of para-hydroxylation sites is 1. The summed E-state index contributed by atoms with van der Waals surface area (Å²) in [5.74, 6) is -0.0131. The molecule has 0 spiro atoms. The van der Waals surface area contributed by atoms with E-state index < -0.39 is 18.0 Å². The van der Waals surface area contributed by atoms with Gasteiger partial charge >= 0.3 is 5.97 Å². The van der Waals surface area contributed by atoms with E-state index in [-0.39, 0.29) is 0 Å². The number of anilines is 1. The van der Waals surface area contributed by atoms with E-state index in [1.54, 1.807) is 37.3 Å². The molecule has 0 saturated heterocycles. The molecule has 0 fully saturated rings. The monoisotopic (exact) mass is 394 g/mol. The van der Waals surface area contributed by atoms with Crippen LogP contribution in [0.1, 0.15) is 23.0 Å². The number of hydrogen-bond donors (Lipinski definition) is 1. The largest absolute Gasteiger partial charge is 0.493 e. The van der Waals surface area contributed by atoms with Crippen LogP contribution in [0.5, 0.6) is 11.5 Å². The summed E-state index contributed by atoms with van der Waals surface area (Å²) in [6.45, 7) is 3.32. The third-order valence-corrected chi connectivity index (χ3v) is 4.37. The van der Waals surface area contributed by atoms with Crippen LogP contribution in [-0.4, -0.2) is 37.2 Å². The Kier molecular flexibility index (Phi) is 5.97. The number of carbonyl (C=O) groups excluding carboxylic acids is 2. The summed E-state index contributed by atoms with van der Waals surface area (Å²) in [5.41, 5.74) is 2.26. The number of amides is 1. The lowest BCUT2D eigenvalue weighted by Gasteiger charge is -2.15. The molecule has 7 nitrogen and oxygen atoms in total. The lowest BCUT2D eigenvalue weighted by molar-refractivity contribution is -0.123. The third kappa shape index (κ3) is 4.45. The fourth-order valence-electron chi connectivity index (χ4n) is 2.91. The topological polar surface area (TPSA) is 86.8 Å². The van der Waals surface area contributed by atoms with Crippen LogP contribution in [0.25, 0.3) is 10.9 Å². The molecular formula is C22H22N2O5. The van der Waals surface area contributed by atoms with Crippen LogP contribution in [0.15, 0.2) is 48.5 Å². The molecule has 0 aliphatic carbocycles. The SMILES string of the molecule is COc1ccc(NC(=O)[C@H](C)OC(=O)c2cc(C)nc3ccccc23)cc1OC. The first-order valence-corrected chi connectivity index (χ1v) is 9.03. The van der Waals surface area contributed by atoms with Gasteiger partial charge in [0.1, 0.15) is 0 Å². The predicted molar refractivity (Wildman–Crippen MR) is 110 cm³/mol. The first-order valence-electron chi connectivity index (χ1n) is 9.03. The second-order valence-electron chi connectivity index (χ2n) is 6.43. The maximum atomic E-state index is 12.7. The van der Waals surface area contributed by atoms with Crippen molar-refractivity contribution in [1.29, 1.82) is 0 Å². The summed E-state index contributed by atoms with van der Waals surface area (Å²) in [7, 11) is 3.04. The van der Waals surface area contributed by atoms with Crippen molar-refractivity contribution in [2.24, 2.45) is 0 Å². The Morgan fingerprint density at radius 3 is 2.45 bits per heavy atom. The number of fused-ring (bicyclic) bond motifs is 1. The maximum absolute atomic E-state index is 12.7. The summed E-state index contributed by atoms with van der Waals surface area (Å²) >= 11 is 0. The molecule has 2 aromatic carbocycles. The zero-order chi connectivity index (χ0) is 21.0. The Hall–Kier alpha value is -3.61. The fourth-order valence-corrected chi connectivity index (χ4v) is 2.91. The zero-order valence-corrected chi connectivity index (χ0v) is 16.7. The van der Waals surface area contributed by atoms with Crippen LogP contribution in [0.4, 0.5) is 5.69 Å². The molecule has 0 bridgehead atoms. The van der Waals surface area contributed by atoms with Crippen molar-refractivity contribution in [2.45, 2.75) is 20.0 Å². The van der Waals surface area contributed by atoms with Crippen molar-refractivity contribution < 1.29 is 23.8 Å². The fraction of sp³-hybridized carbons (Fsp3) is 0.227. The normalized spacial score (nSPS) is 11.6. The number of pyridine rings is 1. The number of benzene rings is 2. The van der Waals surface area contributed by atoms with Gasteiger partial charge in [-0.25, -0.2) is 4.79 Å². The molecular weight excluding hydrogens is 372 g/mol. The van der Waals surface area contributed by atoms with Gasteiger partial charge in [-0.2, -0.15) is 0 Å². The first-order chi connectivity index (χ1) is 13.9. The van der Waals surface area contributed by atoms with Crippen molar-refractivity contribution in [1.82, 2.24) is 4.98 Å². The average Bonchev–Trinajstić information content (AvgIpc) is 2.72. The molecule has 0 aliphatic heterocycles. The van der Waals surface area contributed by atoms with Gasteiger partial charge in [0.25, 0.3) is 5.91 Å². The van der Waals surface area contributed by atoms with Crippen molar-refractivity contribution in [2.75, 3.05) is 19.5 Å². The number of rotatable bonds is 6. The molecule has 3 rings (SSSR count). The predicted octanol–water partition coefficient (Wildman–Crippen LogP) is 3.74. The van der Waals surface area contributed by atoms with E-state index in [4.69, 9.17) is 14.2 Å². The summed E-state index contributed by atoms with van der Waals surface area (Å²) in [6, 6.07) is 13.9. The molecule has 150 valence electrons. The molecule has 0 radical (unpaired) electrons. The molecule has 1 heterocycles. The molecule has 0 aliphatic rings. The minimum atomic E-state index is -0.997. The Bertz CT molecular complexity index is 1060. The Balaban J connectivity index is 1.74. The van der Waals surface area contributed by atoms with E-state index in [1.807, 2.05) is 18.2 Å². The Labute approximate surface area is 168 Å². The molecule has 1 N–H and O–H groups in total. The van der Waals surface area contributed by atoms with Crippen molar-refractivity contribution in [3.63, 3.8) is 0 Å². The van der Waals surface area contributed by atoms with Crippen LogP contribution in [0.3, 0.4) is 0 Å². The van der Waals surface area contributed by atoms with E-state index in [2.05, 4.69) is 10.3 Å². The second kappa shape index (κ2) is 8.60. The summed E-state index contributed by atoms with van der Waals surface area (Å²) in [5, 5.41) is 3.39. The second-order valence-corrected chi connectivity index (χ2v) is 6.43. The molecule has 0 unspecified atom stereocenters. The van der Waals surface area contributed by atoms with Gasteiger partial charge in [0, 0.05) is 22.8 Å². The highest BCUT2D eigenvalue weighted by atomic mass is 16.5. The zero-order valence-electron chi connectivity index (χ0n) is 16.7. The lowest BCUT2D eigenvalue weighted by Crippen LogP contribution is -2.30. The maximum Gasteiger partial charge on any atom is 0.339 e. The highest BCUT2D eigenvalue weighted by molar-refractivity contribution is 6.05. The number of carbonyl (C=O) groups is 2. The summed E-state index contributed by atoms with van der Waals surface area (Å²) < 4.78 is 15.8. The van der Waals surface area contributed by atoms with Gasteiger partial charge in [-0.05, 0) is 38.1 Å². The number of esters is 1. The molecule has 3 aromatic rings. The molecule has 1 amide bonds. The Morgan fingerprint density at radius 1 is 1.00 bits per heavy atom. The van der Waals surface area contributed by atoms with Crippen LogP contribution in [0, 0.1) is 6.92 Å². The molecule has 29 heavy (non-hydrogen) atoms. The van der Waals surface area contributed by atoms with Gasteiger partial charge < -0.3 is 19.5 Å². The summed E-state index contributed by atoms with van der Waals surface area (Å²) in [6.07, 6.45) is -0.997.